The molecule has 19 heavy (non-hydrogen) atoms. The lowest BCUT2D eigenvalue weighted by Gasteiger charge is -2.07. The number of hydrogen-bond acceptors (Lipinski definition) is 4. The van der Waals surface area contributed by atoms with Crippen LogP contribution in [0.15, 0.2) is 30.6 Å². The maximum absolute atomic E-state index is 11.7. The summed E-state index contributed by atoms with van der Waals surface area (Å²) < 4.78 is 1.53. The second-order valence-corrected chi connectivity index (χ2v) is 4.47. The lowest BCUT2D eigenvalue weighted by Crippen LogP contribution is -2.22. The van der Waals surface area contributed by atoms with Crippen molar-refractivity contribution in [1.82, 2.24) is 19.7 Å². The van der Waals surface area contributed by atoms with Gasteiger partial charge in [0.15, 0.2) is 11.5 Å². The summed E-state index contributed by atoms with van der Waals surface area (Å²) in [5.41, 5.74) is 1.10. The average molecular weight is 260 g/mol. The van der Waals surface area contributed by atoms with Gasteiger partial charge in [0.25, 0.3) is 5.91 Å². The summed E-state index contributed by atoms with van der Waals surface area (Å²) in [6.07, 6.45) is 2.72. The molecule has 1 unspecified atom stereocenters. The zero-order chi connectivity index (χ0) is 14.0. The van der Waals surface area contributed by atoms with Gasteiger partial charge in [-0.05, 0) is 24.6 Å². The predicted octanol–water partition coefficient (Wildman–Crippen LogP) is 1.02. The summed E-state index contributed by atoms with van der Waals surface area (Å²) in [6, 6.07) is 5.17. The largest absolute Gasteiger partial charge is 0.389 e. The van der Waals surface area contributed by atoms with Crippen molar-refractivity contribution in [2.24, 2.45) is 0 Å². The monoisotopic (exact) mass is 260 g/mol. The fourth-order valence-corrected chi connectivity index (χ4v) is 1.57. The molecule has 6 nitrogen and oxygen atoms in total. The molecule has 6 heteroatoms. The first-order valence-corrected chi connectivity index (χ1v) is 5.90. The molecule has 2 aromatic rings. The Bertz CT molecular complexity index is 573. The summed E-state index contributed by atoms with van der Waals surface area (Å²) in [6.45, 7) is 1.68. The third kappa shape index (κ3) is 2.79. The van der Waals surface area contributed by atoms with Gasteiger partial charge in [-0.25, -0.2) is 9.67 Å². The Morgan fingerprint density at radius 1 is 1.37 bits per heavy atom. The molecule has 0 saturated carbocycles. The smallest absolute Gasteiger partial charge is 0.273 e. The van der Waals surface area contributed by atoms with E-state index in [9.17, 15) is 9.90 Å². The predicted molar refractivity (Wildman–Crippen MR) is 70.0 cm³/mol. The number of aromatic nitrogens is 3. The molecule has 0 radical (unpaired) electrons. The molecular weight excluding hydrogens is 244 g/mol. The molecule has 0 spiro atoms. The highest BCUT2D eigenvalue weighted by molar-refractivity contribution is 5.91. The Morgan fingerprint density at radius 2 is 2.11 bits per heavy atom. The minimum absolute atomic E-state index is 0.153. The van der Waals surface area contributed by atoms with Crippen LogP contribution >= 0.6 is 0 Å². The van der Waals surface area contributed by atoms with Crippen molar-refractivity contribution >= 4 is 5.91 Å². The second-order valence-electron chi connectivity index (χ2n) is 4.47. The maximum Gasteiger partial charge on any atom is 0.273 e. The molecule has 100 valence electrons. The van der Waals surface area contributed by atoms with Crippen molar-refractivity contribution in [1.29, 1.82) is 0 Å². The Labute approximate surface area is 111 Å². The van der Waals surface area contributed by atoms with Gasteiger partial charge in [-0.15, -0.1) is 0 Å². The average Bonchev–Trinajstić information content (AvgIpc) is 2.87. The topological polar surface area (TPSA) is 71.2 Å². The van der Waals surface area contributed by atoms with Crippen LogP contribution in [0.1, 0.15) is 29.1 Å². The molecule has 2 heterocycles. The van der Waals surface area contributed by atoms with Gasteiger partial charge < -0.3 is 10.0 Å². The summed E-state index contributed by atoms with van der Waals surface area (Å²) in [5.74, 6) is 0.446. The molecule has 0 fully saturated rings. The lowest BCUT2D eigenvalue weighted by atomic mass is 10.2. The highest BCUT2D eigenvalue weighted by Gasteiger charge is 2.12. The number of hydrogen-bond donors (Lipinski definition) is 1. The first-order valence-electron chi connectivity index (χ1n) is 5.90. The molecule has 1 amide bonds. The third-order valence-corrected chi connectivity index (χ3v) is 2.70. The van der Waals surface area contributed by atoms with Crippen LogP contribution in [-0.4, -0.2) is 44.8 Å². The first kappa shape index (κ1) is 13.2. The first-order chi connectivity index (χ1) is 8.99. The van der Waals surface area contributed by atoms with Crippen LogP contribution in [0.25, 0.3) is 5.82 Å². The van der Waals surface area contributed by atoms with Crippen molar-refractivity contribution in [3.63, 3.8) is 0 Å². The van der Waals surface area contributed by atoms with Crippen LogP contribution in [0, 0.1) is 0 Å². The van der Waals surface area contributed by atoms with E-state index in [4.69, 9.17) is 0 Å². The molecule has 0 aliphatic heterocycles. The molecule has 0 saturated heterocycles. The Morgan fingerprint density at radius 3 is 2.63 bits per heavy atom. The molecule has 0 bridgehead atoms. The van der Waals surface area contributed by atoms with E-state index in [0.717, 1.165) is 5.56 Å². The second kappa shape index (κ2) is 5.19. The number of aliphatic hydroxyl groups excluding tert-OH is 1. The molecule has 0 aliphatic carbocycles. The Balaban J connectivity index is 2.25. The molecule has 0 aromatic carbocycles. The van der Waals surface area contributed by atoms with E-state index >= 15 is 0 Å². The molecule has 1 N–H and O–H groups in total. The van der Waals surface area contributed by atoms with Crippen molar-refractivity contribution < 1.29 is 9.90 Å². The number of carbonyl (C=O) groups excluding carboxylic acids is 1. The summed E-state index contributed by atoms with van der Waals surface area (Å²) in [5, 5.41) is 13.6. The molecule has 0 aliphatic rings. The summed E-state index contributed by atoms with van der Waals surface area (Å²) in [7, 11) is 3.36. The minimum atomic E-state index is -0.551. The van der Waals surface area contributed by atoms with Gasteiger partial charge in [0.1, 0.15) is 0 Å². The molecule has 2 rings (SSSR count). The number of pyridine rings is 1. The van der Waals surface area contributed by atoms with E-state index in [1.54, 1.807) is 51.6 Å². The number of amides is 1. The van der Waals surface area contributed by atoms with E-state index in [0.29, 0.717) is 11.5 Å². The minimum Gasteiger partial charge on any atom is -0.389 e. The van der Waals surface area contributed by atoms with Crippen molar-refractivity contribution in [2.75, 3.05) is 14.1 Å². The highest BCUT2D eigenvalue weighted by atomic mass is 16.3. The highest BCUT2D eigenvalue weighted by Crippen LogP contribution is 2.12. The van der Waals surface area contributed by atoms with Crippen LogP contribution in [0.3, 0.4) is 0 Å². The Hall–Kier alpha value is -2.21. The number of nitrogens with zero attached hydrogens (tertiary/aromatic N) is 4. The fourth-order valence-electron chi connectivity index (χ4n) is 1.57. The van der Waals surface area contributed by atoms with Crippen molar-refractivity contribution in [2.45, 2.75) is 13.0 Å². The van der Waals surface area contributed by atoms with Crippen LogP contribution < -0.4 is 0 Å². The van der Waals surface area contributed by atoms with Crippen LogP contribution in [0.4, 0.5) is 0 Å². The van der Waals surface area contributed by atoms with Crippen molar-refractivity contribution in [3.8, 4) is 5.82 Å². The SMILES string of the molecule is CC(O)c1ccc(-n2ccc(C(=O)N(C)C)n2)nc1. The number of carbonyl (C=O) groups is 1. The van der Waals surface area contributed by atoms with Gasteiger partial charge in [0, 0.05) is 26.5 Å². The van der Waals surface area contributed by atoms with Gasteiger partial charge in [-0.3, -0.25) is 4.79 Å². The zero-order valence-corrected chi connectivity index (χ0v) is 11.1. The third-order valence-electron chi connectivity index (χ3n) is 2.70. The summed E-state index contributed by atoms with van der Waals surface area (Å²) >= 11 is 0. The zero-order valence-electron chi connectivity index (χ0n) is 11.1. The number of rotatable bonds is 3. The van der Waals surface area contributed by atoms with Gasteiger partial charge >= 0.3 is 0 Å². The van der Waals surface area contributed by atoms with Gasteiger partial charge in [-0.2, -0.15) is 5.10 Å². The molecule has 1 atom stereocenters. The lowest BCUT2D eigenvalue weighted by molar-refractivity contribution is 0.0821. The van der Waals surface area contributed by atoms with E-state index in [2.05, 4.69) is 10.1 Å². The number of aliphatic hydroxyl groups is 1. The fraction of sp³-hybridized carbons (Fsp3) is 0.308. The van der Waals surface area contributed by atoms with E-state index in [1.807, 2.05) is 0 Å². The van der Waals surface area contributed by atoms with Gasteiger partial charge in [0.2, 0.25) is 0 Å². The van der Waals surface area contributed by atoms with E-state index in [-0.39, 0.29) is 5.91 Å². The van der Waals surface area contributed by atoms with Gasteiger partial charge in [0.05, 0.1) is 6.10 Å². The molecule has 2 aromatic heterocycles. The summed E-state index contributed by atoms with van der Waals surface area (Å²) in [4.78, 5) is 17.4. The molecular formula is C13H16N4O2. The van der Waals surface area contributed by atoms with Crippen LogP contribution in [0.2, 0.25) is 0 Å². The van der Waals surface area contributed by atoms with Gasteiger partial charge in [-0.1, -0.05) is 6.07 Å². The maximum atomic E-state index is 11.7. The van der Waals surface area contributed by atoms with E-state index in [1.165, 1.54) is 9.58 Å². The van der Waals surface area contributed by atoms with Crippen LogP contribution in [-0.2, 0) is 0 Å². The Kier molecular flexibility index (Phi) is 3.62. The standard InChI is InChI=1S/C13H16N4O2/c1-9(18)10-4-5-12(14-8-10)17-7-6-11(15-17)13(19)16(2)3/h4-9,18H,1-3H3. The van der Waals surface area contributed by atoms with Crippen LogP contribution in [0.5, 0.6) is 0 Å². The van der Waals surface area contributed by atoms with E-state index < -0.39 is 6.10 Å². The quantitative estimate of drug-likeness (QED) is 0.894. The normalized spacial score (nSPS) is 12.2. The van der Waals surface area contributed by atoms with Crippen molar-refractivity contribution in [3.05, 3.63) is 41.9 Å².